The number of benzene rings is 2. The Kier molecular flexibility index (Phi) is 5.46. The maximum atomic E-state index is 13.3. The Morgan fingerprint density at radius 3 is 2.42 bits per heavy atom. The van der Waals surface area contributed by atoms with Crippen LogP contribution in [0.2, 0.25) is 0 Å². The zero-order valence-electron chi connectivity index (χ0n) is 18.1. The zero-order valence-corrected chi connectivity index (χ0v) is 18.1. The Morgan fingerprint density at radius 1 is 1.06 bits per heavy atom. The van der Waals surface area contributed by atoms with E-state index in [2.05, 4.69) is 25.4 Å². The van der Waals surface area contributed by atoms with Crippen molar-refractivity contribution in [1.82, 2.24) is 18.7 Å². The minimum absolute atomic E-state index is 0.132. The van der Waals surface area contributed by atoms with Crippen LogP contribution in [0.5, 0.6) is 0 Å². The first-order valence-electron chi connectivity index (χ1n) is 10.4. The number of allylic oxidation sites excluding steroid dienone is 1. The third kappa shape index (κ3) is 3.65. The molecule has 0 atom stereocenters. The van der Waals surface area contributed by atoms with Crippen LogP contribution in [0.25, 0.3) is 16.9 Å². The number of imidazole rings is 1. The second-order valence-electron chi connectivity index (χ2n) is 8.04. The molecular weight excluding hydrogens is 388 g/mol. The Balaban J connectivity index is 1.97. The molecule has 0 saturated carbocycles. The molecule has 0 aliphatic heterocycles. The summed E-state index contributed by atoms with van der Waals surface area (Å²) in [4.78, 5) is 31.0. The number of rotatable bonds is 6. The van der Waals surface area contributed by atoms with E-state index >= 15 is 0 Å². The smallest absolute Gasteiger partial charge is 0.320 e. The molecule has 6 nitrogen and oxygen atoms in total. The van der Waals surface area contributed by atoms with Crippen molar-refractivity contribution in [1.29, 1.82) is 0 Å². The van der Waals surface area contributed by atoms with Crippen molar-refractivity contribution in [2.24, 2.45) is 0 Å². The fourth-order valence-electron chi connectivity index (χ4n) is 3.80. The summed E-state index contributed by atoms with van der Waals surface area (Å²) in [5, 5.41) is 0. The summed E-state index contributed by atoms with van der Waals surface area (Å²) in [5.74, 6) is 0.383. The van der Waals surface area contributed by atoms with Gasteiger partial charge in [-0.2, -0.15) is 0 Å². The molecule has 2 heterocycles. The summed E-state index contributed by atoms with van der Waals surface area (Å²) in [6.45, 7) is 10.6. The lowest BCUT2D eigenvalue weighted by molar-refractivity contribution is 0.689. The molecule has 158 valence electrons. The first-order valence-corrected chi connectivity index (χ1v) is 10.4. The van der Waals surface area contributed by atoms with Gasteiger partial charge in [-0.3, -0.25) is 9.36 Å². The largest absolute Gasteiger partial charge is 0.337 e. The summed E-state index contributed by atoms with van der Waals surface area (Å²) >= 11 is 0. The van der Waals surface area contributed by atoms with Crippen molar-refractivity contribution in [2.45, 2.75) is 39.8 Å². The molecule has 6 heteroatoms. The number of nitrogens with zero attached hydrogens (tertiary/aromatic N) is 4. The first-order chi connectivity index (χ1) is 14.9. The SMILES string of the molecule is C=CCn1c(=O)c2c(ncn2Cc2ccccc2C)n(-c2ccc(C(C)C)cc2)c1=O. The van der Waals surface area contributed by atoms with Gasteiger partial charge in [0, 0.05) is 13.1 Å². The summed E-state index contributed by atoms with van der Waals surface area (Å²) in [5.41, 5.74) is 4.07. The van der Waals surface area contributed by atoms with Crippen molar-refractivity contribution >= 4 is 11.2 Å². The topological polar surface area (TPSA) is 61.8 Å². The Morgan fingerprint density at radius 2 is 1.77 bits per heavy atom. The quantitative estimate of drug-likeness (QED) is 0.448. The molecule has 2 aromatic carbocycles. The van der Waals surface area contributed by atoms with E-state index in [0.29, 0.717) is 29.3 Å². The van der Waals surface area contributed by atoms with Crippen LogP contribution in [-0.4, -0.2) is 18.7 Å². The van der Waals surface area contributed by atoms with Crippen molar-refractivity contribution in [2.75, 3.05) is 0 Å². The predicted molar refractivity (Wildman–Crippen MR) is 124 cm³/mol. The van der Waals surface area contributed by atoms with E-state index in [1.165, 1.54) is 14.7 Å². The predicted octanol–water partition coefficient (Wildman–Crippen LogP) is 4.02. The highest BCUT2D eigenvalue weighted by atomic mass is 16.2. The average molecular weight is 415 g/mol. The lowest BCUT2D eigenvalue weighted by Gasteiger charge is -2.13. The molecule has 0 aliphatic carbocycles. The van der Waals surface area contributed by atoms with E-state index in [4.69, 9.17) is 0 Å². The van der Waals surface area contributed by atoms with E-state index in [1.807, 2.05) is 60.0 Å². The van der Waals surface area contributed by atoms with Crippen LogP contribution in [0.3, 0.4) is 0 Å². The maximum absolute atomic E-state index is 13.3. The molecule has 4 rings (SSSR count). The van der Waals surface area contributed by atoms with E-state index in [1.54, 1.807) is 12.4 Å². The Bertz CT molecular complexity index is 1370. The number of aryl methyl sites for hydroxylation is 1. The third-order valence-corrected chi connectivity index (χ3v) is 5.63. The van der Waals surface area contributed by atoms with Crippen molar-refractivity contribution in [3.8, 4) is 5.69 Å². The number of hydrogen-bond donors (Lipinski definition) is 0. The summed E-state index contributed by atoms with van der Waals surface area (Å²) in [6.07, 6.45) is 3.19. The number of hydrogen-bond acceptors (Lipinski definition) is 3. The van der Waals surface area contributed by atoms with Crippen molar-refractivity contribution < 1.29 is 0 Å². The summed E-state index contributed by atoms with van der Waals surface area (Å²) in [7, 11) is 0. The van der Waals surface area contributed by atoms with E-state index in [9.17, 15) is 9.59 Å². The van der Waals surface area contributed by atoms with Gasteiger partial charge in [0.15, 0.2) is 11.2 Å². The molecule has 0 aliphatic rings. The van der Waals surface area contributed by atoms with Gasteiger partial charge in [-0.15, -0.1) is 6.58 Å². The van der Waals surface area contributed by atoms with Gasteiger partial charge in [0.25, 0.3) is 5.56 Å². The standard InChI is InChI=1S/C25H26N4O2/c1-5-14-28-24(30)22-23(26-16-27(22)15-20-9-7-6-8-18(20)4)29(25(28)31)21-12-10-19(11-13-21)17(2)3/h5-13,16-17H,1,14-15H2,2-4H3. The van der Waals surface area contributed by atoms with E-state index in [0.717, 1.165) is 11.1 Å². The third-order valence-electron chi connectivity index (χ3n) is 5.63. The lowest BCUT2D eigenvalue weighted by Crippen LogP contribution is -2.39. The molecule has 0 radical (unpaired) electrons. The maximum Gasteiger partial charge on any atom is 0.337 e. The molecule has 0 unspecified atom stereocenters. The molecule has 0 amide bonds. The molecule has 4 aromatic rings. The Labute approximate surface area is 180 Å². The molecule has 2 aromatic heterocycles. The molecular formula is C25H26N4O2. The summed E-state index contributed by atoms with van der Waals surface area (Å²) < 4.78 is 4.54. The molecule has 31 heavy (non-hydrogen) atoms. The van der Waals surface area contributed by atoms with Gasteiger partial charge in [0.2, 0.25) is 0 Å². The highest BCUT2D eigenvalue weighted by Gasteiger charge is 2.19. The van der Waals surface area contributed by atoms with Gasteiger partial charge in [0.05, 0.1) is 12.0 Å². The molecule has 0 N–H and O–H groups in total. The second kappa shape index (κ2) is 8.22. The van der Waals surface area contributed by atoms with Gasteiger partial charge >= 0.3 is 5.69 Å². The van der Waals surface area contributed by atoms with Crippen molar-refractivity contribution in [3.05, 3.63) is 105 Å². The Hall–Kier alpha value is -3.67. The second-order valence-corrected chi connectivity index (χ2v) is 8.04. The van der Waals surface area contributed by atoms with E-state index < -0.39 is 5.69 Å². The van der Waals surface area contributed by atoms with Gasteiger partial charge in [-0.05, 0) is 41.7 Å². The number of aromatic nitrogens is 4. The minimum atomic E-state index is -0.421. The normalized spacial score (nSPS) is 11.4. The summed E-state index contributed by atoms with van der Waals surface area (Å²) in [6, 6.07) is 15.8. The van der Waals surface area contributed by atoms with Gasteiger partial charge in [-0.1, -0.05) is 56.3 Å². The highest BCUT2D eigenvalue weighted by molar-refractivity contribution is 5.72. The fourth-order valence-corrected chi connectivity index (χ4v) is 3.80. The minimum Gasteiger partial charge on any atom is -0.320 e. The van der Waals surface area contributed by atoms with Crippen LogP contribution in [-0.2, 0) is 13.1 Å². The van der Waals surface area contributed by atoms with Crippen LogP contribution in [0.15, 0.2) is 77.1 Å². The van der Waals surface area contributed by atoms with Crippen LogP contribution >= 0.6 is 0 Å². The van der Waals surface area contributed by atoms with Crippen LogP contribution < -0.4 is 11.2 Å². The fraction of sp³-hybridized carbons (Fsp3) is 0.240. The molecule has 0 fully saturated rings. The number of fused-ring (bicyclic) bond motifs is 1. The van der Waals surface area contributed by atoms with E-state index in [-0.39, 0.29) is 12.1 Å². The van der Waals surface area contributed by atoms with Crippen LogP contribution in [0.4, 0.5) is 0 Å². The van der Waals surface area contributed by atoms with Crippen LogP contribution in [0.1, 0.15) is 36.5 Å². The molecule has 0 spiro atoms. The van der Waals surface area contributed by atoms with Crippen LogP contribution in [0, 0.1) is 6.92 Å². The van der Waals surface area contributed by atoms with Gasteiger partial charge in [0.1, 0.15) is 0 Å². The van der Waals surface area contributed by atoms with Gasteiger partial charge in [-0.25, -0.2) is 14.3 Å². The average Bonchev–Trinajstić information content (AvgIpc) is 3.16. The molecule has 0 bridgehead atoms. The van der Waals surface area contributed by atoms with Crippen molar-refractivity contribution in [3.63, 3.8) is 0 Å². The highest BCUT2D eigenvalue weighted by Crippen LogP contribution is 2.19. The zero-order chi connectivity index (χ0) is 22.1. The lowest BCUT2D eigenvalue weighted by atomic mass is 10.0. The molecule has 0 saturated heterocycles. The van der Waals surface area contributed by atoms with Gasteiger partial charge < -0.3 is 4.57 Å². The first kappa shape index (κ1) is 20.6. The monoisotopic (exact) mass is 414 g/mol.